The molecule has 0 radical (unpaired) electrons. The third kappa shape index (κ3) is 8.02. The lowest BCUT2D eigenvalue weighted by Gasteiger charge is -2.37. The summed E-state index contributed by atoms with van der Waals surface area (Å²) in [6.45, 7) is 7.89. The second kappa shape index (κ2) is 13.2. The highest BCUT2D eigenvalue weighted by atomic mass is 19.4. The zero-order valence-electron chi connectivity index (χ0n) is 22.6. The first kappa shape index (κ1) is 31.0. The Morgan fingerprint density at radius 2 is 1.76 bits per heavy atom. The van der Waals surface area contributed by atoms with Crippen molar-refractivity contribution in [3.63, 3.8) is 0 Å². The molecule has 3 aromatic rings. The van der Waals surface area contributed by atoms with Crippen molar-refractivity contribution in [1.29, 1.82) is 5.26 Å². The quantitative estimate of drug-likeness (QED) is 0.375. The van der Waals surface area contributed by atoms with E-state index in [1.54, 1.807) is 12.1 Å². The van der Waals surface area contributed by atoms with Crippen molar-refractivity contribution in [3.05, 3.63) is 65.5 Å². The molecular weight excluding hydrogens is 541 g/mol. The molecule has 0 bridgehead atoms. The molecule has 0 aliphatic carbocycles. The van der Waals surface area contributed by atoms with Crippen LogP contribution in [0.4, 0.5) is 13.2 Å². The molecule has 12 heteroatoms. The lowest BCUT2D eigenvalue weighted by molar-refractivity contribution is -0.192. The van der Waals surface area contributed by atoms with Crippen molar-refractivity contribution in [3.8, 4) is 34.3 Å². The Kier molecular flexibility index (Phi) is 10.0. The average Bonchev–Trinajstić information content (AvgIpc) is 2.90. The minimum atomic E-state index is -5.08. The van der Waals surface area contributed by atoms with Crippen LogP contribution in [0.15, 0.2) is 48.8 Å². The first-order chi connectivity index (χ1) is 19.3. The van der Waals surface area contributed by atoms with Gasteiger partial charge in [-0.05, 0) is 55.2 Å². The third-order valence-corrected chi connectivity index (χ3v) is 6.25. The Labute approximate surface area is 234 Å². The van der Waals surface area contributed by atoms with Gasteiger partial charge in [0.25, 0.3) is 0 Å². The standard InChI is InChI=1S/C27H28N4O3.C2HF3O2/c1-4-23-19(14-31-15-22(16-31)27(32)33)6-5-7-24(23)21-12-29-26(30-13-21)18-8-9-25(34-17(2)3)20(10-18)11-28;3-2(4,5)1(6)7/h5-10,12-13,17,22H,4,14-16H2,1-3H3,(H,32,33);(H,6,7). The van der Waals surface area contributed by atoms with E-state index in [0.29, 0.717) is 30.2 Å². The summed E-state index contributed by atoms with van der Waals surface area (Å²) in [5.74, 6) is -2.64. The number of carbonyl (C=O) groups is 2. The predicted molar refractivity (Wildman–Crippen MR) is 143 cm³/mol. The summed E-state index contributed by atoms with van der Waals surface area (Å²) in [7, 11) is 0. The molecule has 0 atom stereocenters. The molecule has 4 rings (SSSR count). The summed E-state index contributed by atoms with van der Waals surface area (Å²) < 4.78 is 37.4. The number of carboxylic acid groups (broad SMARTS) is 2. The van der Waals surface area contributed by atoms with E-state index in [1.165, 1.54) is 11.1 Å². The molecule has 1 fully saturated rings. The monoisotopic (exact) mass is 570 g/mol. The second-order valence-electron chi connectivity index (χ2n) is 9.61. The number of ether oxygens (including phenoxy) is 1. The highest BCUT2D eigenvalue weighted by molar-refractivity contribution is 5.73. The van der Waals surface area contributed by atoms with E-state index >= 15 is 0 Å². The van der Waals surface area contributed by atoms with Gasteiger partial charge in [-0.2, -0.15) is 18.4 Å². The maximum Gasteiger partial charge on any atom is 0.490 e. The number of aliphatic carboxylic acids is 2. The van der Waals surface area contributed by atoms with Crippen LogP contribution < -0.4 is 4.74 Å². The molecule has 9 nitrogen and oxygen atoms in total. The fourth-order valence-electron chi connectivity index (χ4n) is 4.30. The number of rotatable bonds is 8. The fraction of sp³-hybridized carbons (Fsp3) is 0.345. The SMILES string of the molecule is CCc1c(CN2CC(C(=O)O)C2)cccc1-c1cnc(-c2ccc(OC(C)C)c(C#N)c2)nc1.O=C(O)C(F)(F)F. The van der Waals surface area contributed by atoms with Crippen LogP contribution in [0.25, 0.3) is 22.5 Å². The van der Waals surface area contributed by atoms with Crippen molar-refractivity contribution in [1.82, 2.24) is 14.9 Å². The summed E-state index contributed by atoms with van der Waals surface area (Å²) in [5.41, 5.74) is 5.65. The van der Waals surface area contributed by atoms with E-state index in [0.717, 1.165) is 29.7 Å². The Morgan fingerprint density at radius 3 is 2.27 bits per heavy atom. The fourth-order valence-corrected chi connectivity index (χ4v) is 4.30. The van der Waals surface area contributed by atoms with E-state index in [2.05, 4.69) is 40.0 Å². The lowest BCUT2D eigenvalue weighted by atomic mass is 9.93. The minimum absolute atomic E-state index is 0.0169. The van der Waals surface area contributed by atoms with Crippen LogP contribution in [-0.2, 0) is 22.6 Å². The molecule has 0 unspecified atom stereocenters. The molecule has 0 saturated carbocycles. The smallest absolute Gasteiger partial charge is 0.490 e. The Morgan fingerprint density at radius 1 is 1.12 bits per heavy atom. The van der Waals surface area contributed by atoms with Crippen LogP contribution in [0.1, 0.15) is 37.5 Å². The molecule has 2 aromatic carbocycles. The van der Waals surface area contributed by atoms with Crippen LogP contribution in [-0.4, -0.2) is 62.4 Å². The van der Waals surface area contributed by atoms with Crippen molar-refractivity contribution in [2.24, 2.45) is 5.92 Å². The number of likely N-dealkylation sites (tertiary alicyclic amines) is 1. The third-order valence-electron chi connectivity index (χ3n) is 6.25. The van der Waals surface area contributed by atoms with Gasteiger partial charge < -0.3 is 14.9 Å². The van der Waals surface area contributed by atoms with E-state index in [1.807, 2.05) is 38.4 Å². The summed E-state index contributed by atoms with van der Waals surface area (Å²) in [6, 6.07) is 13.8. The zero-order valence-corrected chi connectivity index (χ0v) is 22.6. The van der Waals surface area contributed by atoms with Crippen molar-refractivity contribution < 1.29 is 37.7 Å². The average molecular weight is 571 g/mol. The van der Waals surface area contributed by atoms with Crippen molar-refractivity contribution >= 4 is 11.9 Å². The molecule has 1 aromatic heterocycles. The van der Waals surface area contributed by atoms with Crippen LogP contribution in [0.2, 0.25) is 0 Å². The Bertz CT molecular complexity index is 1430. The maximum atomic E-state index is 11.1. The van der Waals surface area contributed by atoms with E-state index in [-0.39, 0.29) is 12.0 Å². The first-order valence-corrected chi connectivity index (χ1v) is 12.7. The van der Waals surface area contributed by atoms with Gasteiger partial charge in [0.05, 0.1) is 17.6 Å². The Balaban J connectivity index is 0.000000587. The molecule has 0 spiro atoms. The van der Waals surface area contributed by atoms with Gasteiger partial charge in [0.2, 0.25) is 0 Å². The first-order valence-electron chi connectivity index (χ1n) is 12.7. The van der Waals surface area contributed by atoms with Crippen LogP contribution in [0.5, 0.6) is 5.75 Å². The number of hydrogen-bond donors (Lipinski definition) is 2. The van der Waals surface area contributed by atoms with Gasteiger partial charge in [0.1, 0.15) is 11.8 Å². The highest BCUT2D eigenvalue weighted by Gasteiger charge is 2.38. The largest absolute Gasteiger partial charge is 0.490 e. The number of alkyl halides is 3. The van der Waals surface area contributed by atoms with Crippen LogP contribution >= 0.6 is 0 Å². The predicted octanol–water partition coefficient (Wildman–Crippen LogP) is 5.18. The molecule has 41 heavy (non-hydrogen) atoms. The van der Waals surface area contributed by atoms with E-state index < -0.39 is 18.1 Å². The molecule has 1 saturated heterocycles. The van der Waals surface area contributed by atoms with Crippen LogP contribution in [0, 0.1) is 17.2 Å². The molecular formula is C29H29F3N4O5. The number of benzene rings is 2. The van der Waals surface area contributed by atoms with Crippen LogP contribution in [0.3, 0.4) is 0 Å². The number of nitrogens with zero attached hydrogens (tertiary/aromatic N) is 4. The normalized spacial score (nSPS) is 13.5. The number of aromatic nitrogens is 2. The van der Waals surface area contributed by atoms with E-state index in [4.69, 9.17) is 19.7 Å². The number of halogens is 3. The molecule has 216 valence electrons. The van der Waals surface area contributed by atoms with Gasteiger partial charge in [-0.15, -0.1) is 0 Å². The van der Waals surface area contributed by atoms with Crippen molar-refractivity contribution in [2.75, 3.05) is 13.1 Å². The summed E-state index contributed by atoms with van der Waals surface area (Å²) in [5, 5.41) is 25.8. The van der Waals surface area contributed by atoms with Crippen molar-refractivity contribution in [2.45, 2.75) is 46.0 Å². The number of hydrogen-bond acceptors (Lipinski definition) is 7. The topological polar surface area (TPSA) is 137 Å². The van der Waals surface area contributed by atoms with Gasteiger partial charge in [-0.1, -0.05) is 25.1 Å². The molecule has 2 heterocycles. The molecule has 1 aliphatic heterocycles. The van der Waals surface area contributed by atoms with Gasteiger partial charge in [0.15, 0.2) is 5.82 Å². The maximum absolute atomic E-state index is 11.1. The molecule has 0 amide bonds. The van der Waals surface area contributed by atoms with Gasteiger partial charge in [0, 0.05) is 43.2 Å². The molecule has 2 N–H and O–H groups in total. The van der Waals surface area contributed by atoms with E-state index in [9.17, 15) is 23.2 Å². The molecule has 1 aliphatic rings. The van der Waals surface area contributed by atoms with Gasteiger partial charge in [-0.3, -0.25) is 9.69 Å². The zero-order chi connectivity index (χ0) is 30.3. The lowest BCUT2D eigenvalue weighted by Crippen LogP contribution is -2.49. The number of carboxylic acids is 2. The number of nitriles is 1. The van der Waals surface area contributed by atoms with Gasteiger partial charge in [-0.25, -0.2) is 14.8 Å². The summed E-state index contributed by atoms with van der Waals surface area (Å²) in [6.07, 6.45) is -0.617. The summed E-state index contributed by atoms with van der Waals surface area (Å²) >= 11 is 0. The highest BCUT2D eigenvalue weighted by Crippen LogP contribution is 2.30. The second-order valence-corrected chi connectivity index (χ2v) is 9.61. The minimum Gasteiger partial charge on any atom is -0.490 e. The van der Waals surface area contributed by atoms with Gasteiger partial charge >= 0.3 is 18.1 Å². The summed E-state index contributed by atoms with van der Waals surface area (Å²) in [4.78, 5) is 31.3. The Hall–Kier alpha value is -4.50.